The van der Waals surface area contributed by atoms with Crippen LogP contribution in [0.25, 0.3) is 0 Å². The van der Waals surface area contributed by atoms with E-state index in [0.29, 0.717) is 4.60 Å². The zero-order valence-electron chi connectivity index (χ0n) is 5.80. The number of alkyl halides is 2. The molecule has 1 rings (SSSR count). The predicted octanol–water partition coefficient (Wildman–Crippen LogP) is 2.03. The van der Waals surface area contributed by atoms with Gasteiger partial charge in [-0.3, -0.25) is 0 Å². The quantitative estimate of drug-likeness (QED) is 0.803. The molecule has 0 amide bonds. The fourth-order valence-corrected chi connectivity index (χ4v) is 0.901. The van der Waals surface area contributed by atoms with Gasteiger partial charge in [0.15, 0.2) is 0 Å². The number of hydrogen-bond donors (Lipinski definition) is 1. The number of aromatic nitrogens is 1. The van der Waals surface area contributed by atoms with E-state index in [2.05, 4.69) is 25.7 Å². The van der Waals surface area contributed by atoms with E-state index in [1.807, 2.05) is 0 Å². The number of pyridine rings is 1. The van der Waals surface area contributed by atoms with Crippen LogP contribution in [0.15, 0.2) is 16.7 Å². The summed E-state index contributed by atoms with van der Waals surface area (Å²) >= 11 is 2.99. The van der Waals surface area contributed by atoms with Gasteiger partial charge in [-0.15, -0.1) is 0 Å². The Morgan fingerprint density at radius 2 is 2.17 bits per heavy atom. The van der Waals surface area contributed by atoms with Crippen LogP contribution in [-0.2, 0) is 0 Å². The van der Waals surface area contributed by atoms with Crippen LogP contribution in [0.1, 0.15) is 0 Å². The normalized spacial score (nSPS) is 10.3. The average molecular weight is 239 g/mol. The Balaban J connectivity index is 2.90. The zero-order chi connectivity index (χ0) is 9.14. The molecule has 0 bridgehead atoms. The Kier molecular flexibility index (Phi) is 2.80. The van der Waals surface area contributed by atoms with Gasteiger partial charge in [0.1, 0.15) is 4.60 Å². The lowest BCUT2D eigenvalue weighted by Gasteiger charge is -2.05. The van der Waals surface area contributed by atoms with Gasteiger partial charge in [0, 0.05) is 0 Å². The largest absolute Gasteiger partial charge is 0.415 e. The lowest BCUT2D eigenvalue weighted by Crippen LogP contribution is -2.06. The van der Waals surface area contributed by atoms with Crippen molar-refractivity contribution in [1.29, 1.82) is 0 Å². The Morgan fingerprint density at radius 3 is 2.75 bits per heavy atom. The van der Waals surface area contributed by atoms with Gasteiger partial charge < -0.3 is 10.5 Å². The summed E-state index contributed by atoms with van der Waals surface area (Å²) in [6.45, 7) is -2.91. The Morgan fingerprint density at radius 1 is 1.50 bits per heavy atom. The Labute approximate surface area is 75.7 Å². The maximum absolute atomic E-state index is 11.7. The maximum Gasteiger partial charge on any atom is 0.388 e. The minimum atomic E-state index is -2.91. The second-order valence-electron chi connectivity index (χ2n) is 1.91. The molecule has 1 heterocycles. The van der Waals surface area contributed by atoms with Gasteiger partial charge in [-0.1, -0.05) is 0 Å². The summed E-state index contributed by atoms with van der Waals surface area (Å²) in [7, 11) is 0. The van der Waals surface area contributed by atoms with Crippen molar-refractivity contribution in [3.63, 3.8) is 0 Å². The Hall–Kier alpha value is -0.910. The molecule has 0 radical (unpaired) electrons. The van der Waals surface area contributed by atoms with Crippen LogP contribution in [0, 0.1) is 0 Å². The van der Waals surface area contributed by atoms with Crippen LogP contribution >= 0.6 is 15.9 Å². The summed E-state index contributed by atoms with van der Waals surface area (Å²) in [6.07, 6.45) is 0. The van der Waals surface area contributed by atoms with Crippen molar-refractivity contribution in [1.82, 2.24) is 4.98 Å². The highest BCUT2D eigenvalue weighted by Gasteiger charge is 2.09. The topological polar surface area (TPSA) is 48.1 Å². The smallest absolute Gasteiger partial charge is 0.388 e. The zero-order valence-corrected chi connectivity index (χ0v) is 7.38. The number of ether oxygens (including phenoxy) is 1. The second-order valence-corrected chi connectivity index (χ2v) is 2.72. The number of anilines is 1. The van der Waals surface area contributed by atoms with Crippen LogP contribution in [0.5, 0.6) is 5.88 Å². The van der Waals surface area contributed by atoms with E-state index in [0.717, 1.165) is 0 Å². The van der Waals surface area contributed by atoms with Crippen LogP contribution in [0.2, 0.25) is 0 Å². The fraction of sp³-hybridized carbons (Fsp3) is 0.167. The lowest BCUT2D eigenvalue weighted by atomic mass is 10.4. The molecule has 1 aromatic heterocycles. The van der Waals surface area contributed by atoms with Crippen molar-refractivity contribution in [2.45, 2.75) is 6.61 Å². The van der Waals surface area contributed by atoms with Gasteiger partial charge >= 0.3 is 6.61 Å². The first-order valence-corrected chi connectivity index (χ1v) is 3.75. The third-order valence-corrected chi connectivity index (χ3v) is 1.50. The van der Waals surface area contributed by atoms with Crippen molar-refractivity contribution in [2.75, 3.05) is 5.73 Å². The van der Waals surface area contributed by atoms with E-state index in [4.69, 9.17) is 5.73 Å². The lowest BCUT2D eigenvalue weighted by molar-refractivity contribution is -0.0523. The molecule has 0 fully saturated rings. The number of nitrogens with two attached hydrogens (primary N) is 1. The second kappa shape index (κ2) is 3.66. The Bertz CT molecular complexity index is 282. The van der Waals surface area contributed by atoms with Crippen molar-refractivity contribution < 1.29 is 13.5 Å². The van der Waals surface area contributed by atoms with Crippen LogP contribution in [0.4, 0.5) is 14.5 Å². The molecule has 0 atom stereocenters. The molecule has 66 valence electrons. The van der Waals surface area contributed by atoms with Gasteiger partial charge in [-0.25, -0.2) is 4.98 Å². The highest BCUT2D eigenvalue weighted by molar-refractivity contribution is 9.10. The molecule has 2 N–H and O–H groups in total. The first-order valence-electron chi connectivity index (χ1n) is 2.96. The minimum absolute atomic E-state index is 0.0819. The number of rotatable bonds is 2. The monoisotopic (exact) mass is 238 g/mol. The van der Waals surface area contributed by atoms with Crippen molar-refractivity contribution >= 4 is 21.6 Å². The molecule has 0 aromatic carbocycles. The van der Waals surface area contributed by atoms with E-state index in [-0.39, 0.29) is 11.6 Å². The highest BCUT2D eigenvalue weighted by atomic mass is 79.9. The van der Waals surface area contributed by atoms with Crippen molar-refractivity contribution in [3.8, 4) is 5.88 Å². The summed E-state index contributed by atoms with van der Waals surface area (Å²) in [5.74, 6) is -0.264. The molecule has 0 aliphatic heterocycles. The van der Waals surface area contributed by atoms with E-state index < -0.39 is 6.61 Å². The number of nitrogen functional groups attached to an aromatic ring is 1. The number of hydrogen-bond acceptors (Lipinski definition) is 3. The molecule has 0 aliphatic rings. The molecule has 0 saturated carbocycles. The number of halogens is 3. The van der Waals surface area contributed by atoms with E-state index in [1.54, 1.807) is 0 Å². The average Bonchev–Trinajstić information content (AvgIpc) is 1.96. The molecular weight excluding hydrogens is 234 g/mol. The molecule has 0 aliphatic carbocycles. The fourth-order valence-electron chi connectivity index (χ4n) is 0.607. The molecule has 3 nitrogen and oxygen atoms in total. The molecule has 1 aromatic rings. The first kappa shape index (κ1) is 9.18. The van der Waals surface area contributed by atoms with Gasteiger partial charge in [0.25, 0.3) is 0 Å². The van der Waals surface area contributed by atoms with E-state index in [9.17, 15) is 8.78 Å². The molecule has 0 unspecified atom stereocenters. The highest BCUT2D eigenvalue weighted by Crippen LogP contribution is 2.22. The van der Waals surface area contributed by atoms with Gasteiger partial charge in [-0.05, 0) is 28.1 Å². The minimum Gasteiger partial charge on any atom is -0.415 e. The molecule has 12 heavy (non-hydrogen) atoms. The van der Waals surface area contributed by atoms with Crippen LogP contribution in [0.3, 0.4) is 0 Å². The third kappa shape index (κ3) is 2.30. The molecule has 6 heteroatoms. The van der Waals surface area contributed by atoms with E-state index in [1.165, 1.54) is 12.1 Å². The number of nitrogens with zero attached hydrogens (tertiary/aromatic N) is 1. The SMILES string of the molecule is Nc1ccc(Br)nc1OC(F)F. The maximum atomic E-state index is 11.7. The third-order valence-electron chi connectivity index (χ3n) is 1.06. The summed E-state index contributed by atoms with van der Waals surface area (Å²) in [5.41, 5.74) is 5.38. The predicted molar refractivity (Wildman–Crippen MR) is 43.0 cm³/mol. The van der Waals surface area contributed by atoms with Gasteiger partial charge in [0.2, 0.25) is 5.88 Å². The van der Waals surface area contributed by atoms with Crippen molar-refractivity contribution in [3.05, 3.63) is 16.7 Å². The summed E-state index contributed by atoms with van der Waals surface area (Å²) in [5, 5.41) is 0. The van der Waals surface area contributed by atoms with Gasteiger partial charge in [0.05, 0.1) is 5.69 Å². The van der Waals surface area contributed by atoms with Crippen LogP contribution in [-0.4, -0.2) is 11.6 Å². The summed E-state index contributed by atoms with van der Waals surface area (Å²) in [4.78, 5) is 3.60. The van der Waals surface area contributed by atoms with E-state index >= 15 is 0 Å². The standard InChI is InChI=1S/C6H5BrF2N2O/c7-4-2-1-3(10)5(11-4)12-6(8)9/h1-2,6H,10H2. The molecular formula is C6H5BrF2N2O. The molecule has 0 spiro atoms. The summed E-state index contributed by atoms with van der Waals surface area (Å²) in [6, 6.07) is 2.96. The van der Waals surface area contributed by atoms with Crippen LogP contribution < -0.4 is 10.5 Å². The first-order chi connectivity index (χ1) is 5.59. The van der Waals surface area contributed by atoms with Crippen molar-refractivity contribution in [2.24, 2.45) is 0 Å². The van der Waals surface area contributed by atoms with Gasteiger partial charge in [-0.2, -0.15) is 8.78 Å². The summed E-state index contributed by atoms with van der Waals surface area (Å²) < 4.78 is 27.8. The molecule has 0 saturated heterocycles.